The van der Waals surface area contributed by atoms with Crippen molar-refractivity contribution in [2.75, 3.05) is 23.3 Å². The van der Waals surface area contributed by atoms with Crippen LogP contribution >= 0.6 is 0 Å². The summed E-state index contributed by atoms with van der Waals surface area (Å²) in [5.74, 6) is 0. The van der Waals surface area contributed by atoms with Gasteiger partial charge in [0, 0.05) is 19.1 Å². The highest BCUT2D eigenvalue weighted by Crippen LogP contribution is 2.34. The molecule has 2 heteroatoms. The van der Waals surface area contributed by atoms with Gasteiger partial charge in [-0.15, -0.1) is 0 Å². The Bertz CT molecular complexity index is 308. The number of benzene rings is 1. The van der Waals surface area contributed by atoms with Gasteiger partial charge in [-0.1, -0.05) is 12.1 Å². The average Bonchev–Trinajstić information content (AvgIpc) is 2.49. The van der Waals surface area contributed by atoms with Gasteiger partial charge in [0.15, 0.2) is 0 Å². The third-order valence-corrected chi connectivity index (χ3v) is 2.79. The second kappa shape index (κ2) is 2.16. The molecular formula is C10H12N2. The molecule has 0 saturated carbocycles. The first-order valence-corrected chi connectivity index (χ1v) is 4.54. The van der Waals surface area contributed by atoms with Crippen molar-refractivity contribution >= 4 is 11.4 Å². The quantitative estimate of drug-likeness (QED) is 0.621. The van der Waals surface area contributed by atoms with Gasteiger partial charge >= 0.3 is 0 Å². The molecule has 1 aromatic carbocycles. The van der Waals surface area contributed by atoms with Crippen molar-refractivity contribution in [3.63, 3.8) is 0 Å². The van der Waals surface area contributed by atoms with Crippen LogP contribution in [0.1, 0.15) is 6.42 Å². The van der Waals surface area contributed by atoms with Crippen molar-refractivity contribution in [2.24, 2.45) is 0 Å². The summed E-state index contributed by atoms with van der Waals surface area (Å²) < 4.78 is 0. The van der Waals surface area contributed by atoms with Crippen LogP contribution in [0.3, 0.4) is 0 Å². The Morgan fingerprint density at radius 2 is 2.25 bits per heavy atom. The Balaban J connectivity index is 2.13. The van der Waals surface area contributed by atoms with Crippen molar-refractivity contribution in [1.82, 2.24) is 0 Å². The Labute approximate surface area is 72.2 Å². The maximum Gasteiger partial charge on any atom is 0.0602 e. The van der Waals surface area contributed by atoms with E-state index in [9.17, 15) is 0 Å². The minimum absolute atomic E-state index is 0.694. The molecule has 2 nitrogen and oxygen atoms in total. The van der Waals surface area contributed by atoms with Crippen LogP contribution in [0.4, 0.5) is 11.4 Å². The lowest BCUT2D eigenvalue weighted by atomic mass is 10.2. The van der Waals surface area contributed by atoms with E-state index in [1.54, 1.807) is 0 Å². The first-order valence-electron chi connectivity index (χ1n) is 4.54. The summed E-state index contributed by atoms with van der Waals surface area (Å²) in [5, 5.41) is 3.55. The molecule has 1 N–H and O–H groups in total. The van der Waals surface area contributed by atoms with Gasteiger partial charge in [0.2, 0.25) is 0 Å². The van der Waals surface area contributed by atoms with Gasteiger partial charge in [-0.05, 0) is 18.6 Å². The molecule has 2 aliphatic rings. The van der Waals surface area contributed by atoms with Crippen molar-refractivity contribution in [1.29, 1.82) is 0 Å². The molecule has 1 saturated heterocycles. The highest BCUT2D eigenvalue weighted by atomic mass is 15.2. The van der Waals surface area contributed by atoms with Gasteiger partial charge in [-0.2, -0.15) is 0 Å². The minimum Gasteiger partial charge on any atom is -0.379 e. The Kier molecular flexibility index (Phi) is 1.14. The normalized spacial score (nSPS) is 25.0. The summed E-state index contributed by atoms with van der Waals surface area (Å²) in [7, 11) is 0. The van der Waals surface area contributed by atoms with Gasteiger partial charge < -0.3 is 10.2 Å². The van der Waals surface area contributed by atoms with E-state index in [-0.39, 0.29) is 0 Å². The number of fused-ring (bicyclic) bond motifs is 4. The second-order valence-electron chi connectivity index (χ2n) is 3.59. The molecule has 12 heavy (non-hydrogen) atoms. The van der Waals surface area contributed by atoms with Crippen LogP contribution in [-0.2, 0) is 0 Å². The molecule has 3 rings (SSSR count). The van der Waals surface area contributed by atoms with Crippen molar-refractivity contribution in [2.45, 2.75) is 12.5 Å². The summed E-state index contributed by atoms with van der Waals surface area (Å²) in [6.45, 7) is 2.41. The first kappa shape index (κ1) is 6.35. The molecule has 0 amide bonds. The van der Waals surface area contributed by atoms with Crippen LogP contribution in [0.25, 0.3) is 0 Å². The molecule has 62 valence electrons. The predicted octanol–water partition coefficient (Wildman–Crippen LogP) is 1.69. The number of anilines is 2. The van der Waals surface area contributed by atoms with Crippen LogP contribution in [0.15, 0.2) is 24.3 Å². The van der Waals surface area contributed by atoms with Crippen LogP contribution < -0.4 is 10.2 Å². The fourth-order valence-corrected chi connectivity index (χ4v) is 2.19. The highest BCUT2D eigenvalue weighted by molar-refractivity contribution is 5.73. The molecule has 0 unspecified atom stereocenters. The summed E-state index contributed by atoms with van der Waals surface area (Å²) >= 11 is 0. The van der Waals surface area contributed by atoms with Crippen molar-refractivity contribution in [3.05, 3.63) is 24.3 Å². The largest absolute Gasteiger partial charge is 0.379 e. The van der Waals surface area contributed by atoms with Gasteiger partial charge in [-0.25, -0.2) is 0 Å². The topological polar surface area (TPSA) is 15.3 Å². The van der Waals surface area contributed by atoms with E-state index in [1.807, 2.05) is 0 Å². The SMILES string of the molecule is c1ccc2c(c1)N[C@H]1CCN2C1. The van der Waals surface area contributed by atoms with Crippen molar-refractivity contribution < 1.29 is 0 Å². The zero-order valence-corrected chi connectivity index (χ0v) is 6.96. The molecule has 2 bridgehead atoms. The van der Waals surface area contributed by atoms with E-state index in [0.717, 1.165) is 0 Å². The Morgan fingerprint density at radius 1 is 1.33 bits per heavy atom. The van der Waals surface area contributed by atoms with E-state index in [0.29, 0.717) is 6.04 Å². The molecule has 0 aromatic heterocycles. The van der Waals surface area contributed by atoms with Crippen molar-refractivity contribution in [3.8, 4) is 0 Å². The zero-order valence-electron chi connectivity index (χ0n) is 6.96. The molecule has 0 radical (unpaired) electrons. The molecule has 1 aromatic rings. The minimum atomic E-state index is 0.694. The first-order chi connectivity index (χ1) is 5.93. The Hall–Kier alpha value is -1.18. The number of para-hydroxylation sites is 2. The molecule has 0 aliphatic carbocycles. The number of hydrogen-bond acceptors (Lipinski definition) is 2. The van der Waals surface area contributed by atoms with Crippen LogP contribution in [0, 0.1) is 0 Å². The zero-order chi connectivity index (χ0) is 7.97. The monoisotopic (exact) mass is 160 g/mol. The highest BCUT2D eigenvalue weighted by Gasteiger charge is 2.28. The van der Waals surface area contributed by atoms with Gasteiger partial charge in [0.05, 0.1) is 11.4 Å². The second-order valence-corrected chi connectivity index (χ2v) is 3.59. The smallest absolute Gasteiger partial charge is 0.0602 e. The van der Waals surface area contributed by atoms with Gasteiger partial charge in [0.1, 0.15) is 0 Å². The number of hydrogen-bond donors (Lipinski definition) is 1. The lowest BCUT2D eigenvalue weighted by Gasteiger charge is -2.28. The van der Waals surface area contributed by atoms with Gasteiger partial charge in [-0.3, -0.25) is 0 Å². The van der Waals surface area contributed by atoms with E-state index in [1.165, 1.54) is 30.9 Å². The fourth-order valence-electron chi connectivity index (χ4n) is 2.19. The molecule has 2 heterocycles. The van der Waals surface area contributed by atoms with E-state index in [4.69, 9.17) is 0 Å². The van der Waals surface area contributed by atoms with Gasteiger partial charge in [0.25, 0.3) is 0 Å². The summed E-state index contributed by atoms with van der Waals surface area (Å²) in [6.07, 6.45) is 1.29. The molecule has 1 fully saturated rings. The molecule has 2 aliphatic heterocycles. The van der Waals surface area contributed by atoms with Crippen LogP contribution in [0.2, 0.25) is 0 Å². The summed E-state index contributed by atoms with van der Waals surface area (Å²) in [5.41, 5.74) is 2.69. The third-order valence-electron chi connectivity index (χ3n) is 2.79. The maximum absolute atomic E-state index is 3.55. The molecular weight excluding hydrogens is 148 g/mol. The van der Waals surface area contributed by atoms with E-state index in [2.05, 4.69) is 34.5 Å². The number of nitrogens with zero attached hydrogens (tertiary/aromatic N) is 1. The van der Waals surface area contributed by atoms with Crippen LogP contribution in [0.5, 0.6) is 0 Å². The Morgan fingerprint density at radius 3 is 3.25 bits per heavy atom. The maximum atomic E-state index is 3.55. The predicted molar refractivity (Wildman–Crippen MR) is 50.7 cm³/mol. The molecule has 1 atom stereocenters. The lowest BCUT2D eigenvalue weighted by molar-refractivity contribution is 0.796. The summed E-state index contributed by atoms with van der Waals surface area (Å²) in [6, 6.07) is 9.26. The average molecular weight is 160 g/mol. The van der Waals surface area contributed by atoms with Crippen LogP contribution in [-0.4, -0.2) is 19.1 Å². The number of rotatable bonds is 0. The molecule has 0 spiro atoms. The summed E-state index contributed by atoms with van der Waals surface area (Å²) in [4.78, 5) is 2.47. The van der Waals surface area contributed by atoms with E-state index < -0.39 is 0 Å². The standard InChI is InChI=1S/C10H12N2/c1-2-4-10-9(3-1)11-8-5-6-12(10)7-8/h1-4,8,11H,5-7H2/t8-/m0/s1. The fraction of sp³-hybridized carbons (Fsp3) is 0.400. The number of nitrogens with one attached hydrogen (secondary N) is 1. The van der Waals surface area contributed by atoms with E-state index >= 15 is 0 Å². The lowest BCUT2D eigenvalue weighted by Crippen LogP contribution is -2.31. The third kappa shape index (κ3) is 0.750.